The van der Waals surface area contributed by atoms with Crippen molar-refractivity contribution in [1.29, 1.82) is 0 Å². The first kappa shape index (κ1) is 45.5. The van der Waals surface area contributed by atoms with Crippen LogP contribution in [0, 0.1) is 13.8 Å². The Kier molecular flexibility index (Phi) is 16.4. The van der Waals surface area contributed by atoms with E-state index in [1.807, 2.05) is 13.8 Å². The zero-order chi connectivity index (χ0) is 42.7. The molecule has 58 heavy (non-hydrogen) atoms. The quantitative estimate of drug-likeness (QED) is 0.0571. The third-order valence-electron chi connectivity index (χ3n) is 9.67. The molecule has 1 aliphatic rings. The molecule has 0 fully saturated rings. The molecule has 2 aromatic carbocycles. The van der Waals surface area contributed by atoms with Crippen molar-refractivity contribution in [3.63, 3.8) is 0 Å². The highest BCUT2D eigenvalue weighted by Crippen LogP contribution is 2.37. The first-order valence-electron chi connectivity index (χ1n) is 19.1. The van der Waals surface area contributed by atoms with Gasteiger partial charge in [-0.15, -0.1) is 0 Å². The van der Waals surface area contributed by atoms with Gasteiger partial charge in [0.1, 0.15) is 29.3 Å². The molecule has 2 amide bonds. The number of halogens is 2. The van der Waals surface area contributed by atoms with Crippen LogP contribution in [0.15, 0.2) is 42.5 Å². The number of ketones is 2. The largest absolute Gasteiger partial charge is 0.480 e. The van der Waals surface area contributed by atoms with Crippen LogP contribution in [0.5, 0.6) is 5.75 Å². The Balaban J connectivity index is 1.25. The number of Topliss-reactive ketones (excluding diaryl/α,β-unsaturated/α-hetero) is 2. The number of nitrogens with zero attached hydrogens (tertiary/aromatic N) is 1. The standard InChI is InChI=1S/C43H50Cl2N4O9/c1-8-24(4)41(53)30-13-15-35(40(45)39(30)44)56-23-37(52)58-25(5)22-57-36(51)16-12-29(50)19-28-11-14-33-31(20-28)32(42(54)48-33)21-34-26(6)38(27(7)47-34)43(55)46-17-18-49(9-2)10-3/h11,13-15,20-21,25,47H,4,8-10,12,16-19,22-23H2,1-3,5-7H3,(H,46,55)(H,48,54)/b32-21-. The van der Waals surface area contributed by atoms with Gasteiger partial charge in [0.05, 0.1) is 22.6 Å². The van der Waals surface area contributed by atoms with Gasteiger partial charge in [-0.1, -0.05) is 56.6 Å². The molecule has 1 aromatic heterocycles. The van der Waals surface area contributed by atoms with Crippen LogP contribution in [0.1, 0.15) is 95.8 Å². The minimum absolute atomic E-state index is 0.0218. The molecule has 15 heteroatoms. The number of esters is 2. The summed E-state index contributed by atoms with van der Waals surface area (Å²) in [6.45, 7) is 17.1. The minimum Gasteiger partial charge on any atom is -0.480 e. The molecule has 4 rings (SSSR count). The second kappa shape index (κ2) is 21.0. The van der Waals surface area contributed by atoms with Gasteiger partial charge < -0.3 is 34.7 Å². The summed E-state index contributed by atoms with van der Waals surface area (Å²) in [5.41, 5.74) is 5.38. The number of benzene rings is 2. The number of ether oxygens (including phenoxy) is 3. The van der Waals surface area contributed by atoms with Gasteiger partial charge in [-0.25, -0.2) is 4.79 Å². The average Bonchev–Trinajstić information content (AvgIpc) is 3.66. The molecule has 0 aliphatic carbocycles. The number of H-pyrrole nitrogens is 1. The predicted octanol–water partition coefficient (Wildman–Crippen LogP) is 7.10. The number of rotatable bonds is 21. The molecule has 13 nitrogen and oxygen atoms in total. The number of aromatic nitrogens is 1. The van der Waals surface area contributed by atoms with E-state index in [0.29, 0.717) is 57.9 Å². The van der Waals surface area contributed by atoms with Gasteiger partial charge in [0, 0.05) is 54.1 Å². The normalized spacial score (nSPS) is 13.2. The van der Waals surface area contributed by atoms with Crippen LogP contribution in [-0.4, -0.2) is 90.7 Å². The zero-order valence-electron chi connectivity index (χ0n) is 33.7. The molecule has 310 valence electrons. The van der Waals surface area contributed by atoms with Crippen LogP contribution in [0.25, 0.3) is 11.6 Å². The maximum Gasteiger partial charge on any atom is 0.344 e. The van der Waals surface area contributed by atoms with Gasteiger partial charge in [0.2, 0.25) is 0 Å². The molecular formula is C43H50Cl2N4O9. The number of aryl methyl sites for hydroxylation is 1. The molecule has 0 saturated carbocycles. The van der Waals surface area contributed by atoms with Crippen molar-refractivity contribution in [2.75, 3.05) is 44.7 Å². The number of hydrogen-bond donors (Lipinski definition) is 3. The third-order valence-corrected chi connectivity index (χ3v) is 10.5. The maximum absolute atomic E-state index is 13.1. The fourth-order valence-corrected chi connectivity index (χ4v) is 6.75. The lowest BCUT2D eigenvalue weighted by Crippen LogP contribution is -2.35. The predicted molar refractivity (Wildman–Crippen MR) is 224 cm³/mol. The van der Waals surface area contributed by atoms with E-state index < -0.39 is 24.6 Å². The Morgan fingerprint density at radius 1 is 0.983 bits per heavy atom. The van der Waals surface area contributed by atoms with E-state index >= 15 is 0 Å². The van der Waals surface area contributed by atoms with E-state index in [-0.39, 0.29) is 70.6 Å². The third kappa shape index (κ3) is 11.7. The fraction of sp³-hybridized carbons (Fsp3) is 0.395. The van der Waals surface area contributed by atoms with Gasteiger partial charge in [-0.2, -0.15) is 0 Å². The van der Waals surface area contributed by atoms with Crippen LogP contribution in [0.4, 0.5) is 5.69 Å². The van der Waals surface area contributed by atoms with Crippen LogP contribution < -0.4 is 15.4 Å². The zero-order valence-corrected chi connectivity index (χ0v) is 35.2. The van der Waals surface area contributed by atoms with Gasteiger partial charge in [-0.05, 0) is 87.3 Å². The highest BCUT2D eigenvalue weighted by molar-refractivity contribution is 6.45. The highest BCUT2D eigenvalue weighted by Gasteiger charge is 2.27. The van der Waals surface area contributed by atoms with Crippen molar-refractivity contribution in [2.24, 2.45) is 0 Å². The molecule has 3 aromatic rings. The van der Waals surface area contributed by atoms with E-state index in [0.717, 1.165) is 25.2 Å². The molecule has 3 N–H and O–H groups in total. The Hall–Kier alpha value is -5.24. The first-order chi connectivity index (χ1) is 27.6. The number of carbonyl (C=O) groups excluding carboxylic acids is 6. The number of nitrogens with one attached hydrogen (secondary N) is 3. The number of allylic oxidation sites excluding steroid dienone is 1. The van der Waals surface area contributed by atoms with Crippen molar-refractivity contribution >= 4 is 75.9 Å². The van der Waals surface area contributed by atoms with Crippen molar-refractivity contribution in [3.05, 3.63) is 91.7 Å². The van der Waals surface area contributed by atoms with Gasteiger partial charge in [-0.3, -0.25) is 24.0 Å². The van der Waals surface area contributed by atoms with Crippen LogP contribution in [0.2, 0.25) is 10.0 Å². The number of aromatic amines is 1. The van der Waals surface area contributed by atoms with E-state index in [1.165, 1.54) is 19.1 Å². The van der Waals surface area contributed by atoms with Crippen molar-refractivity contribution < 1.29 is 43.0 Å². The lowest BCUT2D eigenvalue weighted by Gasteiger charge is -2.18. The van der Waals surface area contributed by atoms with E-state index in [4.69, 9.17) is 37.4 Å². The Bertz CT molecular complexity index is 2120. The Labute approximate surface area is 348 Å². The highest BCUT2D eigenvalue weighted by atomic mass is 35.5. The molecule has 0 spiro atoms. The number of anilines is 1. The maximum atomic E-state index is 13.1. The lowest BCUT2D eigenvalue weighted by atomic mass is 9.98. The summed E-state index contributed by atoms with van der Waals surface area (Å²) >= 11 is 12.5. The molecule has 0 saturated heterocycles. The molecule has 0 bridgehead atoms. The Morgan fingerprint density at radius 2 is 1.71 bits per heavy atom. The monoisotopic (exact) mass is 836 g/mol. The molecule has 1 aliphatic heterocycles. The molecular weight excluding hydrogens is 787 g/mol. The summed E-state index contributed by atoms with van der Waals surface area (Å²) < 4.78 is 15.9. The second-order valence-electron chi connectivity index (χ2n) is 13.9. The van der Waals surface area contributed by atoms with Crippen LogP contribution in [0.3, 0.4) is 0 Å². The van der Waals surface area contributed by atoms with E-state index in [9.17, 15) is 28.8 Å². The summed E-state index contributed by atoms with van der Waals surface area (Å²) in [6.07, 6.45) is 1.10. The Morgan fingerprint density at radius 3 is 2.40 bits per heavy atom. The summed E-state index contributed by atoms with van der Waals surface area (Å²) in [5, 5.41) is 5.78. The molecule has 1 unspecified atom stereocenters. The average molecular weight is 838 g/mol. The van der Waals surface area contributed by atoms with Gasteiger partial charge >= 0.3 is 11.9 Å². The SMILES string of the molecule is C=C(CC)C(=O)c1ccc(OCC(=O)OC(C)COC(=O)CCC(=O)Cc2ccc3c(c2)/C(=C/c2[nH]c(C)c(C(=O)NCCN(CC)CC)c2C)C(=O)N3)c(Cl)c1Cl. The van der Waals surface area contributed by atoms with Gasteiger partial charge in [0.25, 0.3) is 11.8 Å². The lowest BCUT2D eigenvalue weighted by molar-refractivity contribution is -0.159. The number of fused-ring (bicyclic) bond motifs is 1. The topological polar surface area (TPSA) is 173 Å². The van der Waals surface area contributed by atoms with Crippen molar-refractivity contribution in [1.82, 2.24) is 15.2 Å². The van der Waals surface area contributed by atoms with E-state index in [2.05, 4.69) is 40.9 Å². The number of carbonyl (C=O) groups is 6. The number of likely N-dealkylation sites (N-methyl/N-ethyl adjacent to an activating group) is 1. The number of hydrogen-bond acceptors (Lipinski definition) is 10. The van der Waals surface area contributed by atoms with Gasteiger partial charge in [0.15, 0.2) is 12.4 Å². The van der Waals surface area contributed by atoms with Crippen LogP contribution in [-0.2, 0) is 35.1 Å². The molecule has 0 radical (unpaired) electrons. The second-order valence-corrected chi connectivity index (χ2v) is 14.6. The van der Waals surface area contributed by atoms with Crippen molar-refractivity contribution in [2.45, 2.75) is 73.3 Å². The van der Waals surface area contributed by atoms with E-state index in [1.54, 1.807) is 31.2 Å². The number of amides is 2. The minimum atomic E-state index is -0.815. The molecule has 2 heterocycles. The first-order valence-corrected chi connectivity index (χ1v) is 19.9. The summed E-state index contributed by atoms with van der Waals surface area (Å²) in [7, 11) is 0. The summed E-state index contributed by atoms with van der Waals surface area (Å²) in [6, 6.07) is 8.10. The molecule has 1 atom stereocenters. The fourth-order valence-electron chi connectivity index (χ4n) is 6.29. The smallest absolute Gasteiger partial charge is 0.344 e. The summed E-state index contributed by atoms with van der Waals surface area (Å²) in [5.74, 6) is -2.38. The summed E-state index contributed by atoms with van der Waals surface area (Å²) in [4.78, 5) is 81.7. The van der Waals surface area contributed by atoms with Crippen molar-refractivity contribution in [3.8, 4) is 5.75 Å². The van der Waals surface area contributed by atoms with Crippen LogP contribution >= 0.6 is 23.2 Å².